The van der Waals surface area contributed by atoms with Gasteiger partial charge in [0, 0.05) is 17.0 Å². The zero-order valence-corrected chi connectivity index (χ0v) is 15.4. The molecule has 6 heteroatoms. The first kappa shape index (κ1) is 18.0. The van der Waals surface area contributed by atoms with E-state index in [0.29, 0.717) is 16.8 Å². The van der Waals surface area contributed by atoms with Gasteiger partial charge in [-0.05, 0) is 29.7 Å². The highest BCUT2D eigenvalue weighted by atomic mass is 32.1. The molecule has 0 spiro atoms. The van der Waals surface area contributed by atoms with Crippen molar-refractivity contribution in [3.05, 3.63) is 61.8 Å². The van der Waals surface area contributed by atoms with Crippen molar-refractivity contribution in [2.75, 3.05) is 6.67 Å². The van der Waals surface area contributed by atoms with Gasteiger partial charge < -0.3 is 4.57 Å². The summed E-state index contributed by atoms with van der Waals surface area (Å²) >= 11 is 1.58. The molecule has 0 amide bonds. The van der Waals surface area contributed by atoms with Gasteiger partial charge in [-0.3, -0.25) is 4.79 Å². The van der Waals surface area contributed by atoms with Gasteiger partial charge in [0.25, 0.3) is 0 Å². The molecule has 26 heavy (non-hydrogen) atoms. The Morgan fingerprint density at radius 3 is 2.85 bits per heavy atom. The molecule has 3 aromatic rings. The minimum atomic E-state index is -0.569. The molecular formula is C20H18FN3OS. The molecule has 0 atom stereocenters. The zero-order chi connectivity index (χ0) is 18.7. The van der Waals surface area contributed by atoms with E-state index in [0.717, 1.165) is 16.3 Å². The van der Waals surface area contributed by atoms with Gasteiger partial charge in [-0.1, -0.05) is 26.0 Å². The number of benzene rings is 1. The summed E-state index contributed by atoms with van der Waals surface area (Å²) < 4.78 is 14.5. The van der Waals surface area contributed by atoms with Crippen molar-refractivity contribution in [3.8, 4) is 6.07 Å². The lowest BCUT2D eigenvalue weighted by atomic mass is 10.1. The number of hydrogen-bond donors (Lipinski definition) is 0. The van der Waals surface area contributed by atoms with Crippen LogP contribution in [0.1, 0.15) is 41.6 Å². The van der Waals surface area contributed by atoms with Crippen LogP contribution in [0.2, 0.25) is 0 Å². The van der Waals surface area contributed by atoms with Crippen molar-refractivity contribution in [1.82, 2.24) is 9.55 Å². The maximum Gasteiger partial charge on any atom is 0.207 e. The van der Waals surface area contributed by atoms with E-state index in [9.17, 15) is 9.18 Å². The first-order valence-corrected chi connectivity index (χ1v) is 9.18. The van der Waals surface area contributed by atoms with Crippen LogP contribution in [-0.2, 0) is 6.54 Å². The number of fused-ring (bicyclic) bond motifs is 1. The van der Waals surface area contributed by atoms with E-state index in [2.05, 4.69) is 18.8 Å². The van der Waals surface area contributed by atoms with E-state index in [1.54, 1.807) is 22.0 Å². The summed E-state index contributed by atoms with van der Waals surface area (Å²) in [5.41, 5.74) is 2.27. The number of alkyl halides is 1. The summed E-state index contributed by atoms with van der Waals surface area (Å²) in [5.74, 6) is 0.388. The number of aromatic nitrogens is 2. The molecule has 132 valence electrons. The summed E-state index contributed by atoms with van der Waals surface area (Å²) in [6.07, 6.45) is 5.28. The molecule has 0 aliphatic heterocycles. The normalized spacial score (nSPS) is 11.5. The number of nitrogens with zero attached hydrogens (tertiary/aromatic N) is 3. The molecule has 4 nitrogen and oxygen atoms in total. The van der Waals surface area contributed by atoms with E-state index in [-0.39, 0.29) is 17.5 Å². The van der Waals surface area contributed by atoms with Crippen molar-refractivity contribution < 1.29 is 4.39 Å². The van der Waals surface area contributed by atoms with E-state index in [1.807, 2.05) is 35.7 Å². The Labute approximate surface area is 154 Å². The maximum absolute atomic E-state index is 12.9. The first-order valence-electron chi connectivity index (χ1n) is 8.30. The summed E-state index contributed by atoms with van der Waals surface area (Å²) in [7, 11) is 0. The number of pyridine rings is 1. The van der Waals surface area contributed by atoms with Gasteiger partial charge in [0.1, 0.15) is 23.3 Å². The highest BCUT2D eigenvalue weighted by Crippen LogP contribution is 2.21. The molecule has 1 aromatic carbocycles. The Morgan fingerprint density at radius 2 is 2.19 bits per heavy atom. The minimum Gasteiger partial charge on any atom is -0.343 e. The third kappa shape index (κ3) is 3.58. The smallest absolute Gasteiger partial charge is 0.207 e. The molecule has 0 saturated carbocycles. The second-order valence-electron chi connectivity index (χ2n) is 6.24. The summed E-state index contributed by atoms with van der Waals surface area (Å²) in [6.45, 7) is 3.74. The van der Waals surface area contributed by atoms with E-state index in [4.69, 9.17) is 5.26 Å². The molecule has 0 aliphatic carbocycles. The molecule has 0 unspecified atom stereocenters. The fraction of sp³-hybridized carbons (Fsp3) is 0.250. The maximum atomic E-state index is 12.9. The Hall–Kier alpha value is -2.78. The Kier molecular flexibility index (Phi) is 5.29. The Morgan fingerprint density at radius 1 is 1.38 bits per heavy atom. The SMILES string of the molecule is CC(C)c1csc(/C=C/c2ccc3c(=O)c(C#N)cn(CCF)c3c2)n1. The van der Waals surface area contributed by atoms with Crippen LogP contribution in [0.4, 0.5) is 4.39 Å². The average Bonchev–Trinajstić information content (AvgIpc) is 3.12. The van der Waals surface area contributed by atoms with Crippen LogP contribution in [0.5, 0.6) is 0 Å². The van der Waals surface area contributed by atoms with Gasteiger partial charge in [-0.15, -0.1) is 11.3 Å². The van der Waals surface area contributed by atoms with Crippen molar-refractivity contribution in [2.45, 2.75) is 26.3 Å². The van der Waals surface area contributed by atoms with Crippen molar-refractivity contribution in [3.63, 3.8) is 0 Å². The number of rotatable bonds is 5. The lowest BCUT2D eigenvalue weighted by molar-refractivity contribution is 0.450. The first-order chi connectivity index (χ1) is 12.5. The van der Waals surface area contributed by atoms with E-state index < -0.39 is 6.67 Å². The van der Waals surface area contributed by atoms with Crippen LogP contribution in [0.25, 0.3) is 23.1 Å². The summed E-state index contributed by atoms with van der Waals surface area (Å²) in [6, 6.07) is 7.22. The number of hydrogen-bond acceptors (Lipinski definition) is 4. The molecule has 0 bridgehead atoms. The van der Waals surface area contributed by atoms with Gasteiger partial charge in [0.05, 0.1) is 17.8 Å². The lowest BCUT2D eigenvalue weighted by Crippen LogP contribution is -2.13. The zero-order valence-electron chi connectivity index (χ0n) is 14.6. The predicted molar refractivity (Wildman–Crippen MR) is 104 cm³/mol. The van der Waals surface area contributed by atoms with Gasteiger partial charge in [-0.2, -0.15) is 5.26 Å². The molecule has 0 radical (unpaired) electrons. The quantitative estimate of drug-likeness (QED) is 0.662. The fourth-order valence-corrected chi connectivity index (χ4v) is 3.55. The Balaban J connectivity index is 2.02. The van der Waals surface area contributed by atoms with Crippen LogP contribution in [0.15, 0.2) is 34.6 Å². The summed E-state index contributed by atoms with van der Waals surface area (Å²) in [4.78, 5) is 16.9. The molecule has 2 heterocycles. The molecule has 0 aliphatic rings. The molecule has 3 rings (SSSR count). The molecule has 0 N–H and O–H groups in total. The predicted octanol–water partition coefficient (Wildman–Crippen LogP) is 4.59. The van der Waals surface area contributed by atoms with Crippen LogP contribution in [0.3, 0.4) is 0 Å². The molecule has 0 saturated heterocycles. The Bertz CT molecular complexity index is 1070. The van der Waals surface area contributed by atoms with Gasteiger partial charge >= 0.3 is 0 Å². The second kappa shape index (κ2) is 7.63. The van der Waals surface area contributed by atoms with Gasteiger partial charge in [0.2, 0.25) is 5.43 Å². The van der Waals surface area contributed by atoms with E-state index >= 15 is 0 Å². The van der Waals surface area contributed by atoms with Crippen molar-refractivity contribution in [1.29, 1.82) is 5.26 Å². The monoisotopic (exact) mass is 367 g/mol. The lowest BCUT2D eigenvalue weighted by Gasteiger charge is -2.10. The number of halogens is 1. The summed E-state index contributed by atoms with van der Waals surface area (Å²) in [5, 5.41) is 12.5. The number of aryl methyl sites for hydroxylation is 1. The number of nitriles is 1. The average molecular weight is 367 g/mol. The standard InChI is InChI=1S/C20H18FN3OS/c1-13(2)17-12-26-19(23-17)6-4-14-3-5-16-18(9-14)24(8-7-21)11-15(10-22)20(16)25/h3-6,9,11-13H,7-8H2,1-2H3/b6-4+. The second-order valence-corrected chi connectivity index (χ2v) is 7.13. The van der Waals surface area contributed by atoms with Crippen LogP contribution in [0, 0.1) is 11.3 Å². The largest absolute Gasteiger partial charge is 0.343 e. The van der Waals surface area contributed by atoms with Gasteiger partial charge in [-0.25, -0.2) is 9.37 Å². The van der Waals surface area contributed by atoms with Crippen molar-refractivity contribution >= 4 is 34.4 Å². The molecular weight excluding hydrogens is 349 g/mol. The highest BCUT2D eigenvalue weighted by Gasteiger charge is 2.09. The van der Waals surface area contributed by atoms with Crippen LogP contribution in [-0.4, -0.2) is 16.2 Å². The molecule has 0 fully saturated rings. The van der Waals surface area contributed by atoms with Gasteiger partial charge in [0.15, 0.2) is 0 Å². The third-order valence-electron chi connectivity index (χ3n) is 4.10. The minimum absolute atomic E-state index is 0.0262. The molecule has 2 aromatic heterocycles. The third-order valence-corrected chi connectivity index (χ3v) is 4.93. The number of thiazole rings is 1. The van der Waals surface area contributed by atoms with E-state index in [1.165, 1.54) is 6.20 Å². The van der Waals surface area contributed by atoms with Crippen LogP contribution >= 0.6 is 11.3 Å². The van der Waals surface area contributed by atoms with Crippen molar-refractivity contribution in [2.24, 2.45) is 0 Å². The highest BCUT2D eigenvalue weighted by molar-refractivity contribution is 7.10. The topological polar surface area (TPSA) is 58.7 Å². The van der Waals surface area contributed by atoms with Crippen LogP contribution < -0.4 is 5.43 Å². The fourth-order valence-electron chi connectivity index (χ4n) is 2.68.